The van der Waals surface area contributed by atoms with Crippen molar-refractivity contribution in [2.75, 3.05) is 12.0 Å². The van der Waals surface area contributed by atoms with Gasteiger partial charge in [0.2, 0.25) is 0 Å². The average Bonchev–Trinajstić information content (AvgIpc) is 3.08. The van der Waals surface area contributed by atoms with Crippen molar-refractivity contribution < 1.29 is 9.53 Å². The number of carbonyl (C=O) groups is 1. The van der Waals surface area contributed by atoms with Crippen molar-refractivity contribution in [3.05, 3.63) is 100 Å². The molecule has 5 heteroatoms. The molecule has 0 aromatic heterocycles. The minimum atomic E-state index is -0.0648. The summed E-state index contributed by atoms with van der Waals surface area (Å²) < 4.78 is 5.21. The van der Waals surface area contributed by atoms with Crippen LogP contribution in [0.2, 0.25) is 0 Å². The Morgan fingerprint density at radius 1 is 1.00 bits per heavy atom. The van der Waals surface area contributed by atoms with Crippen LogP contribution in [0.1, 0.15) is 16.7 Å². The highest BCUT2D eigenvalue weighted by Crippen LogP contribution is 2.36. The third kappa shape index (κ3) is 4.47. The number of ether oxygens (including phenoxy) is 1. The van der Waals surface area contributed by atoms with Gasteiger partial charge in [0.05, 0.1) is 24.2 Å². The van der Waals surface area contributed by atoms with Gasteiger partial charge >= 0.3 is 0 Å². The number of nitrogens with zero attached hydrogens (tertiary/aromatic N) is 2. The van der Waals surface area contributed by atoms with E-state index in [1.807, 2.05) is 66.7 Å². The fraction of sp³-hybridized carbons (Fsp3) is 0.120. The molecule has 3 aromatic rings. The lowest BCUT2D eigenvalue weighted by Crippen LogP contribution is -2.28. The number of amides is 1. The Kier molecular flexibility index (Phi) is 6.00. The van der Waals surface area contributed by atoms with Gasteiger partial charge in [-0.2, -0.15) is 0 Å². The summed E-state index contributed by atoms with van der Waals surface area (Å²) in [6.07, 6.45) is 1.90. The molecule has 0 N–H and O–H groups in total. The molecule has 0 atom stereocenters. The molecule has 30 heavy (non-hydrogen) atoms. The third-order valence-electron chi connectivity index (χ3n) is 4.71. The van der Waals surface area contributed by atoms with Gasteiger partial charge in [-0.3, -0.25) is 14.7 Å². The SMILES string of the molecule is COc1ccc(/C=C2\S/C(=N\Cc3cccc(C)c3)N(c3ccccc3)C2=O)cc1. The zero-order valence-corrected chi connectivity index (χ0v) is 17.7. The molecule has 0 saturated carbocycles. The highest BCUT2D eigenvalue weighted by atomic mass is 32.2. The maximum absolute atomic E-state index is 13.2. The summed E-state index contributed by atoms with van der Waals surface area (Å²) in [5.74, 6) is 0.721. The molecular weight excluding hydrogens is 392 g/mol. The molecule has 0 bridgehead atoms. The maximum Gasteiger partial charge on any atom is 0.271 e. The molecule has 0 unspecified atom stereocenters. The van der Waals surface area contributed by atoms with Crippen LogP contribution in [0.3, 0.4) is 0 Å². The number of carbonyl (C=O) groups excluding carboxylic acids is 1. The second kappa shape index (κ2) is 9.01. The Bertz CT molecular complexity index is 1110. The van der Waals surface area contributed by atoms with Crippen LogP contribution < -0.4 is 9.64 Å². The standard InChI is InChI=1S/C25H22N2O2S/c1-18-7-6-8-20(15-18)17-26-25-27(21-9-4-3-5-10-21)24(28)23(30-25)16-19-11-13-22(29-2)14-12-19/h3-16H,17H2,1-2H3/b23-16-,26-25-. The van der Waals surface area contributed by atoms with E-state index in [1.165, 1.54) is 17.3 Å². The highest BCUT2D eigenvalue weighted by molar-refractivity contribution is 8.19. The largest absolute Gasteiger partial charge is 0.497 e. The predicted molar refractivity (Wildman–Crippen MR) is 125 cm³/mol. The Morgan fingerprint density at radius 2 is 1.77 bits per heavy atom. The van der Waals surface area contributed by atoms with Gasteiger partial charge in [0.25, 0.3) is 5.91 Å². The van der Waals surface area contributed by atoms with Crippen molar-refractivity contribution in [2.24, 2.45) is 4.99 Å². The van der Waals surface area contributed by atoms with Crippen molar-refractivity contribution in [1.29, 1.82) is 0 Å². The molecule has 1 aliphatic rings. The molecule has 4 nitrogen and oxygen atoms in total. The smallest absolute Gasteiger partial charge is 0.271 e. The predicted octanol–water partition coefficient (Wildman–Crippen LogP) is 5.68. The second-order valence-electron chi connectivity index (χ2n) is 6.95. The van der Waals surface area contributed by atoms with Crippen LogP contribution in [0.4, 0.5) is 5.69 Å². The average molecular weight is 415 g/mol. The Morgan fingerprint density at radius 3 is 2.47 bits per heavy atom. The van der Waals surface area contributed by atoms with E-state index in [0.29, 0.717) is 16.6 Å². The summed E-state index contributed by atoms with van der Waals surface area (Å²) in [6, 6.07) is 25.6. The molecule has 0 aliphatic carbocycles. The van der Waals surface area contributed by atoms with E-state index in [-0.39, 0.29) is 5.91 Å². The number of benzene rings is 3. The Labute approximate surface area is 180 Å². The molecule has 150 valence electrons. The highest BCUT2D eigenvalue weighted by Gasteiger charge is 2.34. The molecule has 0 radical (unpaired) electrons. The summed E-state index contributed by atoms with van der Waals surface area (Å²) in [6.45, 7) is 2.59. The molecular formula is C25H22N2O2S. The zero-order valence-electron chi connectivity index (χ0n) is 16.9. The van der Waals surface area contributed by atoms with Crippen LogP contribution in [0, 0.1) is 6.92 Å². The quantitative estimate of drug-likeness (QED) is 0.504. The first-order chi connectivity index (χ1) is 14.6. The minimum absolute atomic E-state index is 0.0648. The molecule has 4 rings (SSSR count). The first-order valence-corrected chi connectivity index (χ1v) is 10.5. The van der Waals surface area contributed by atoms with Crippen molar-refractivity contribution in [3.8, 4) is 5.75 Å². The van der Waals surface area contributed by atoms with E-state index in [4.69, 9.17) is 9.73 Å². The van der Waals surface area contributed by atoms with Crippen LogP contribution >= 0.6 is 11.8 Å². The number of aliphatic imine (C=N–C) groups is 1. The number of hydrogen-bond acceptors (Lipinski definition) is 4. The third-order valence-corrected chi connectivity index (χ3v) is 5.72. The summed E-state index contributed by atoms with van der Waals surface area (Å²) in [5.41, 5.74) is 4.08. The molecule has 1 saturated heterocycles. The number of hydrogen-bond donors (Lipinski definition) is 0. The van der Waals surface area contributed by atoms with Crippen LogP contribution in [0.25, 0.3) is 6.08 Å². The lowest BCUT2D eigenvalue weighted by molar-refractivity contribution is -0.113. The number of rotatable bonds is 5. The summed E-state index contributed by atoms with van der Waals surface area (Å²) in [4.78, 5) is 20.4. The number of methoxy groups -OCH3 is 1. The summed E-state index contributed by atoms with van der Waals surface area (Å²) >= 11 is 1.41. The number of amidine groups is 1. The van der Waals surface area contributed by atoms with Crippen molar-refractivity contribution in [1.82, 2.24) is 0 Å². The fourth-order valence-corrected chi connectivity index (χ4v) is 4.18. The van der Waals surface area contributed by atoms with Gasteiger partial charge in [0, 0.05) is 0 Å². The molecule has 1 fully saturated rings. The number of thioether (sulfide) groups is 1. The normalized spacial score (nSPS) is 16.5. The first kappa shape index (κ1) is 20.0. The number of aryl methyl sites for hydroxylation is 1. The van der Waals surface area contributed by atoms with E-state index in [9.17, 15) is 4.79 Å². The van der Waals surface area contributed by atoms with E-state index in [1.54, 1.807) is 12.0 Å². The Balaban J connectivity index is 1.67. The molecule has 1 aliphatic heterocycles. The zero-order chi connectivity index (χ0) is 20.9. The van der Waals surface area contributed by atoms with E-state index in [0.717, 1.165) is 22.6 Å². The van der Waals surface area contributed by atoms with E-state index < -0.39 is 0 Å². The van der Waals surface area contributed by atoms with Gasteiger partial charge in [-0.25, -0.2) is 0 Å². The van der Waals surface area contributed by atoms with Crippen LogP contribution in [-0.2, 0) is 11.3 Å². The van der Waals surface area contributed by atoms with Gasteiger partial charge in [-0.05, 0) is 60.2 Å². The van der Waals surface area contributed by atoms with E-state index in [2.05, 4.69) is 25.1 Å². The second-order valence-corrected chi connectivity index (χ2v) is 7.96. The lowest BCUT2D eigenvalue weighted by Gasteiger charge is -2.15. The van der Waals surface area contributed by atoms with Gasteiger partial charge in [0.1, 0.15) is 5.75 Å². The molecule has 3 aromatic carbocycles. The van der Waals surface area contributed by atoms with Gasteiger partial charge in [0.15, 0.2) is 5.17 Å². The molecule has 1 amide bonds. The number of anilines is 1. The summed E-state index contributed by atoms with van der Waals surface area (Å²) in [7, 11) is 1.64. The van der Waals surface area contributed by atoms with Gasteiger partial charge in [-0.1, -0.05) is 60.2 Å². The fourth-order valence-electron chi connectivity index (χ4n) is 3.20. The van der Waals surface area contributed by atoms with Crippen LogP contribution in [0.5, 0.6) is 5.75 Å². The van der Waals surface area contributed by atoms with Crippen LogP contribution in [-0.4, -0.2) is 18.2 Å². The number of para-hydroxylation sites is 1. The van der Waals surface area contributed by atoms with Gasteiger partial charge in [-0.15, -0.1) is 0 Å². The van der Waals surface area contributed by atoms with Gasteiger partial charge < -0.3 is 4.74 Å². The summed E-state index contributed by atoms with van der Waals surface area (Å²) in [5, 5.41) is 0.687. The molecule has 0 spiro atoms. The maximum atomic E-state index is 13.2. The first-order valence-electron chi connectivity index (χ1n) is 9.67. The topological polar surface area (TPSA) is 41.9 Å². The molecule has 1 heterocycles. The van der Waals surface area contributed by atoms with Crippen LogP contribution in [0.15, 0.2) is 88.8 Å². The van der Waals surface area contributed by atoms with Crippen molar-refractivity contribution in [2.45, 2.75) is 13.5 Å². The minimum Gasteiger partial charge on any atom is -0.497 e. The monoisotopic (exact) mass is 414 g/mol. The lowest BCUT2D eigenvalue weighted by atomic mass is 10.1. The Hall–Kier alpha value is -3.31. The van der Waals surface area contributed by atoms with Crippen molar-refractivity contribution in [3.63, 3.8) is 0 Å². The van der Waals surface area contributed by atoms with E-state index >= 15 is 0 Å². The van der Waals surface area contributed by atoms with Crippen molar-refractivity contribution >= 4 is 34.6 Å².